The fourth-order valence-electron chi connectivity index (χ4n) is 2.61. The molecule has 1 aromatic heterocycles. The van der Waals surface area contributed by atoms with Crippen LogP contribution in [0.15, 0.2) is 4.52 Å². The van der Waals surface area contributed by atoms with Crippen LogP contribution in [-0.4, -0.2) is 23.3 Å². The van der Waals surface area contributed by atoms with Gasteiger partial charge in [-0.05, 0) is 45.6 Å². The second-order valence-corrected chi connectivity index (χ2v) is 5.18. The van der Waals surface area contributed by atoms with Crippen molar-refractivity contribution in [2.24, 2.45) is 0 Å². The first-order chi connectivity index (χ1) is 8.28. The molecule has 1 N–H and O–H groups in total. The Morgan fingerprint density at radius 3 is 2.89 bits per heavy atom. The Morgan fingerprint density at radius 2 is 2.22 bits per heavy atom. The van der Waals surface area contributed by atoms with E-state index in [0.29, 0.717) is 11.7 Å². The Bertz CT molecular complexity index is 384. The number of rotatable bonds is 2. The van der Waals surface area contributed by atoms with Crippen molar-refractivity contribution in [3.63, 3.8) is 0 Å². The molecule has 0 bridgehead atoms. The average Bonchev–Trinajstić information content (AvgIpc) is 3.01. The van der Waals surface area contributed by atoms with Gasteiger partial charge >= 0.3 is 0 Å². The number of hydrogen-bond acceptors (Lipinski definition) is 5. The van der Waals surface area contributed by atoms with E-state index in [9.17, 15) is 0 Å². The highest BCUT2D eigenvalue weighted by atomic mass is 35.5. The minimum atomic E-state index is -0.151. The summed E-state index contributed by atoms with van der Waals surface area (Å²) in [6.45, 7) is 3.97. The van der Waals surface area contributed by atoms with E-state index < -0.39 is 0 Å². The van der Waals surface area contributed by atoms with E-state index in [1.165, 1.54) is 12.8 Å². The third-order valence-corrected chi connectivity index (χ3v) is 3.75. The largest absolute Gasteiger partial charge is 0.370 e. The Morgan fingerprint density at radius 1 is 1.33 bits per heavy atom. The molecule has 5 nitrogen and oxygen atoms in total. The van der Waals surface area contributed by atoms with Crippen LogP contribution >= 0.6 is 12.4 Å². The molecule has 0 aliphatic carbocycles. The van der Waals surface area contributed by atoms with Crippen LogP contribution in [0.4, 0.5) is 0 Å². The van der Waals surface area contributed by atoms with Gasteiger partial charge in [0.15, 0.2) is 0 Å². The van der Waals surface area contributed by atoms with Crippen LogP contribution in [0.3, 0.4) is 0 Å². The third-order valence-electron chi connectivity index (χ3n) is 3.75. The lowest BCUT2D eigenvalue weighted by molar-refractivity contribution is 0.103. The summed E-state index contributed by atoms with van der Waals surface area (Å²) in [7, 11) is 0. The van der Waals surface area contributed by atoms with Gasteiger partial charge in [-0.2, -0.15) is 4.98 Å². The molecule has 2 aliphatic heterocycles. The second kappa shape index (κ2) is 5.55. The Hall–Kier alpha value is -0.650. The number of piperidine rings is 1. The van der Waals surface area contributed by atoms with Gasteiger partial charge < -0.3 is 14.6 Å². The summed E-state index contributed by atoms with van der Waals surface area (Å²) in [6.07, 6.45) is 5.62. The molecule has 2 saturated heterocycles. The van der Waals surface area contributed by atoms with E-state index >= 15 is 0 Å². The lowest BCUT2D eigenvalue weighted by Crippen LogP contribution is -2.43. The van der Waals surface area contributed by atoms with Crippen LogP contribution in [-0.2, 0) is 10.3 Å². The highest BCUT2D eigenvalue weighted by Gasteiger charge is 2.35. The standard InChI is InChI=1S/C12H19N3O2.ClH/c1-12(6-2-3-7-13-12)11-14-10(15-17-11)9-5-4-8-16-9;/h9,13H,2-8H2,1H3;1H. The predicted molar refractivity (Wildman–Crippen MR) is 68.7 cm³/mol. The van der Waals surface area contributed by atoms with E-state index in [1.54, 1.807) is 0 Å². The van der Waals surface area contributed by atoms with Crippen LogP contribution in [0.1, 0.15) is 56.8 Å². The Kier molecular flexibility index (Phi) is 4.25. The van der Waals surface area contributed by atoms with Gasteiger partial charge in [0.1, 0.15) is 6.10 Å². The fourth-order valence-corrected chi connectivity index (χ4v) is 2.61. The number of ether oxygens (including phenoxy) is 1. The molecule has 0 spiro atoms. The molecule has 3 heterocycles. The normalized spacial score (nSPS) is 32.2. The quantitative estimate of drug-likeness (QED) is 0.896. The number of hydrogen-bond donors (Lipinski definition) is 1. The average molecular weight is 274 g/mol. The first kappa shape index (κ1) is 13.8. The van der Waals surface area contributed by atoms with E-state index in [0.717, 1.165) is 32.4 Å². The molecule has 18 heavy (non-hydrogen) atoms. The SMILES string of the molecule is CC1(c2nc(C3CCCO3)no2)CCCCN1.Cl. The summed E-state index contributed by atoms with van der Waals surface area (Å²) in [6, 6.07) is 0. The van der Waals surface area contributed by atoms with Crippen molar-refractivity contribution < 1.29 is 9.26 Å². The maximum atomic E-state index is 5.57. The predicted octanol–water partition coefficient (Wildman–Crippen LogP) is 2.33. The molecule has 2 unspecified atom stereocenters. The molecule has 1 aromatic rings. The van der Waals surface area contributed by atoms with Crippen molar-refractivity contribution in [3.05, 3.63) is 11.7 Å². The van der Waals surface area contributed by atoms with Crippen molar-refractivity contribution in [1.29, 1.82) is 0 Å². The smallest absolute Gasteiger partial charge is 0.246 e. The molecule has 2 atom stereocenters. The molecular formula is C12H20ClN3O2. The van der Waals surface area contributed by atoms with Gasteiger partial charge in [0.05, 0.1) is 5.54 Å². The van der Waals surface area contributed by atoms with Crippen molar-refractivity contribution in [2.75, 3.05) is 13.2 Å². The Labute approximate surface area is 113 Å². The van der Waals surface area contributed by atoms with Crippen molar-refractivity contribution in [3.8, 4) is 0 Å². The van der Waals surface area contributed by atoms with Crippen molar-refractivity contribution in [1.82, 2.24) is 15.5 Å². The van der Waals surface area contributed by atoms with E-state index in [1.807, 2.05) is 0 Å². The molecule has 102 valence electrons. The summed E-state index contributed by atoms with van der Waals surface area (Å²) in [4.78, 5) is 4.52. The first-order valence-electron chi connectivity index (χ1n) is 6.49. The summed E-state index contributed by atoms with van der Waals surface area (Å²) in [5, 5.41) is 7.55. The number of halogens is 1. The zero-order chi connectivity index (χ0) is 11.7. The lowest BCUT2D eigenvalue weighted by Gasteiger charge is -2.31. The zero-order valence-electron chi connectivity index (χ0n) is 10.6. The minimum Gasteiger partial charge on any atom is -0.370 e. The number of nitrogens with one attached hydrogen (secondary N) is 1. The van der Waals surface area contributed by atoms with E-state index in [4.69, 9.17) is 9.26 Å². The molecule has 2 fully saturated rings. The number of nitrogens with zero attached hydrogens (tertiary/aromatic N) is 2. The maximum Gasteiger partial charge on any atom is 0.246 e. The molecule has 3 rings (SSSR count). The van der Waals surface area contributed by atoms with Gasteiger partial charge in [-0.15, -0.1) is 12.4 Å². The molecular weight excluding hydrogens is 254 g/mol. The summed E-state index contributed by atoms with van der Waals surface area (Å²) in [5.74, 6) is 1.42. The van der Waals surface area contributed by atoms with Crippen LogP contribution in [0.5, 0.6) is 0 Å². The van der Waals surface area contributed by atoms with Gasteiger partial charge in [0.25, 0.3) is 0 Å². The Balaban J connectivity index is 0.00000120. The molecule has 2 aliphatic rings. The molecule has 0 aromatic carbocycles. The summed E-state index contributed by atoms with van der Waals surface area (Å²) >= 11 is 0. The topological polar surface area (TPSA) is 60.2 Å². The van der Waals surface area contributed by atoms with Crippen LogP contribution in [0.2, 0.25) is 0 Å². The fraction of sp³-hybridized carbons (Fsp3) is 0.833. The van der Waals surface area contributed by atoms with Crippen LogP contribution in [0.25, 0.3) is 0 Å². The van der Waals surface area contributed by atoms with Crippen LogP contribution in [0, 0.1) is 0 Å². The highest BCUT2D eigenvalue weighted by molar-refractivity contribution is 5.85. The van der Waals surface area contributed by atoms with Crippen molar-refractivity contribution >= 4 is 12.4 Å². The molecule has 0 saturated carbocycles. The van der Waals surface area contributed by atoms with E-state index in [2.05, 4.69) is 22.4 Å². The monoisotopic (exact) mass is 273 g/mol. The second-order valence-electron chi connectivity index (χ2n) is 5.18. The maximum absolute atomic E-state index is 5.57. The molecule has 0 amide bonds. The highest BCUT2D eigenvalue weighted by Crippen LogP contribution is 2.31. The van der Waals surface area contributed by atoms with Crippen LogP contribution < -0.4 is 5.32 Å². The summed E-state index contributed by atoms with van der Waals surface area (Å²) in [5.41, 5.74) is -0.151. The van der Waals surface area contributed by atoms with Gasteiger partial charge in [0.2, 0.25) is 11.7 Å². The molecule has 6 heteroatoms. The van der Waals surface area contributed by atoms with Gasteiger partial charge in [-0.25, -0.2) is 0 Å². The lowest BCUT2D eigenvalue weighted by atomic mass is 9.91. The van der Waals surface area contributed by atoms with Gasteiger partial charge in [-0.1, -0.05) is 5.16 Å². The molecule has 0 radical (unpaired) electrons. The minimum absolute atomic E-state index is 0. The zero-order valence-corrected chi connectivity index (χ0v) is 11.5. The van der Waals surface area contributed by atoms with Gasteiger partial charge in [-0.3, -0.25) is 0 Å². The first-order valence-corrected chi connectivity index (χ1v) is 6.49. The summed E-state index contributed by atoms with van der Waals surface area (Å²) < 4.78 is 11.0. The number of aromatic nitrogens is 2. The van der Waals surface area contributed by atoms with E-state index in [-0.39, 0.29) is 24.0 Å². The third kappa shape index (κ3) is 2.53. The van der Waals surface area contributed by atoms with Gasteiger partial charge in [0, 0.05) is 6.61 Å². The van der Waals surface area contributed by atoms with Crippen molar-refractivity contribution in [2.45, 2.75) is 50.7 Å².